The third-order valence-electron chi connectivity index (χ3n) is 7.78. The molecule has 0 amide bonds. The van der Waals surface area contributed by atoms with Gasteiger partial charge in [0, 0.05) is 22.3 Å². The predicted octanol–water partition coefficient (Wildman–Crippen LogP) is 14.4. The van der Waals surface area contributed by atoms with E-state index in [4.69, 9.17) is 9.97 Å². The molecule has 0 saturated heterocycles. The van der Waals surface area contributed by atoms with Crippen LogP contribution in [0.4, 0.5) is 0 Å². The van der Waals surface area contributed by atoms with Gasteiger partial charge in [0.25, 0.3) is 0 Å². The van der Waals surface area contributed by atoms with E-state index in [-0.39, 0.29) is 0 Å². The number of aromatic amines is 2. The highest BCUT2D eigenvalue weighted by Crippen LogP contribution is 2.48. The molecule has 8 bridgehead atoms. The molecule has 0 fully saturated rings. The van der Waals surface area contributed by atoms with Crippen LogP contribution in [-0.4, -0.2) is 19.9 Å². The Morgan fingerprint density at radius 3 is 0.955 bits per heavy atom. The first-order valence-corrected chi connectivity index (χ1v) is 21.0. The number of nitrogens with zero attached hydrogens (tertiary/aromatic N) is 2. The minimum Gasteiger partial charge on any atom is -0.353 e. The standard InChI is InChI=1S/C32H30Br8N4/c1-5-9-13-25-17(33)19(35)27(41-25)14(10-6-2)29-21(37)23(39)31(43-29)16(12-8-4)32-24(40)22(38)30(44-32)15(11-7-3)28-20(36)18(34)26(13)42-28/h41-42H,5-12H2,1-4H3. The van der Waals surface area contributed by atoms with Crippen molar-refractivity contribution in [3.05, 3.63) is 62.9 Å². The van der Waals surface area contributed by atoms with Crippen LogP contribution in [0.15, 0.2) is 17.9 Å². The fraction of sp³-hybridized carbons (Fsp3) is 0.375. The van der Waals surface area contributed by atoms with Crippen molar-refractivity contribution in [3.63, 3.8) is 0 Å². The van der Waals surface area contributed by atoms with E-state index < -0.39 is 0 Å². The van der Waals surface area contributed by atoms with Gasteiger partial charge in [0.1, 0.15) is 0 Å². The summed E-state index contributed by atoms with van der Waals surface area (Å²) in [5, 5.41) is 0. The highest BCUT2D eigenvalue weighted by atomic mass is 79.9. The fourth-order valence-corrected chi connectivity index (χ4v) is 10.0. The van der Waals surface area contributed by atoms with Crippen molar-refractivity contribution in [1.29, 1.82) is 0 Å². The maximum atomic E-state index is 5.36. The predicted molar refractivity (Wildman–Crippen MR) is 217 cm³/mol. The Bertz CT molecular complexity index is 1770. The second-order valence-corrected chi connectivity index (χ2v) is 17.1. The molecule has 2 N–H and O–H groups in total. The van der Waals surface area contributed by atoms with Gasteiger partial charge in [-0.05, 0) is 153 Å². The number of H-pyrrole nitrogens is 2. The number of fused-ring (bicyclic) bond motifs is 8. The van der Waals surface area contributed by atoms with Gasteiger partial charge in [-0.2, -0.15) is 0 Å². The van der Waals surface area contributed by atoms with Crippen LogP contribution in [-0.2, 0) is 25.7 Å². The smallest absolute Gasteiger partial charge is 0.0845 e. The molecule has 0 saturated carbocycles. The molecule has 5 rings (SSSR count). The molecule has 4 nitrogen and oxygen atoms in total. The second-order valence-electron chi connectivity index (χ2n) is 10.8. The van der Waals surface area contributed by atoms with Crippen molar-refractivity contribution < 1.29 is 0 Å². The number of hydrogen-bond donors (Lipinski definition) is 2. The summed E-state index contributed by atoms with van der Waals surface area (Å²) in [7, 11) is 0. The summed E-state index contributed by atoms with van der Waals surface area (Å²) in [6.45, 7) is 8.83. The van der Waals surface area contributed by atoms with E-state index in [9.17, 15) is 0 Å². The van der Waals surface area contributed by atoms with E-state index >= 15 is 0 Å². The molecule has 3 aromatic rings. The van der Waals surface area contributed by atoms with Crippen LogP contribution in [0.25, 0.3) is 40.0 Å². The molecule has 44 heavy (non-hydrogen) atoms. The van der Waals surface area contributed by atoms with Crippen LogP contribution in [0.2, 0.25) is 0 Å². The Balaban J connectivity index is 2.17. The summed E-state index contributed by atoms with van der Waals surface area (Å²) in [6, 6.07) is 0. The SMILES string of the molecule is CCCc1c2nc(c(CCC)c3[nH]c(c(Br)c3Br)c(CCC)c3[nH]c(c(Br)c3Br)c(CCC)c3nc1C(Br)=C3Br)C(Br)=C2Br. The van der Waals surface area contributed by atoms with Gasteiger partial charge in [-0.25, -0.2) is 9.97 Å². The van der Waals surface area contributed by atoms with Crippen LogP contribution in [0.5, 0.6) is 0 Å². The lowest BCUT2D eigenvalue weighted by Crippen LogP contribution is -1.97. The fourth-order valence-electron chi connectivity index (χ4n) is 5.82. The van der Waals surface area contributed by atoms with Crippen molar-refractivity contribution >= 4 is 167 Å². The Labute approximate surface area is 325 Å². The monoisotopic (exact) mass is 1100 g/mol. The van der Waals surface area contributed by atoms with Crippen LogP contribution >= 0.6 is 127 Å². The van der Waals surface area contributed by atoms with Gasteiger partial charge in [0.15, 0.2) is 0 Å². The van der Waals surface area contributed by atoms with E-state index in [0.717, 1.165) is 149 Å². The van der Waals surface area contributed by atoms with Gasteiger partial charge in [0.2, 0.25) is 0 Å². The largest absolute Gasteiger partial charge is 0.353 e. The van der Waals surface area contributed by atoms with Gasteiger partial charge >= 0.3 is 0 Å². The van der Waals surface area contributed by atoms with Crippen LogP contribution in [0.3, 0.4) is 0 Å². The maximum Gasteiger partial charge on any atom is 0.0845 e. The molecule has 0 radical (unpaired) electrons. The third kappa shape index (κ3) is 6.20. The zero-order valence-corrected chi connectivity index (χ0v) is 37.3. The molecular weight excluding hydrogens is 1080 g/mol. The molecule has 0 spiro atoms. The first kappa shape index (κ1) is 35.7. The average molecular weight is 1110 g/mol. The minimum absolute atomic E-state index is 0.828. The minimum atomic E-state index is 0.828. The Hall–Kier alpha value is 0.440. The van der Waals surface area contributed by atoms with Gasteiger partial charge < -0.3 is 9.97 Å². The molecule has 5 heterocycles. The molecule has 234 valence electrons. The normalized spacial score (nSPS) is 13.5. The molecular formula is C32H30Br8N4. The van der Waals surface area contributed by atoms with Crippen LogP contribution < -0.4 is 0 Å². The maximum absolute atomic E-state index is 5.36. The number of halogens is 8. The lowest BCUT2D eigenvalue weighted by Gasteiger charge is -2.06. The topological polar surface area (TPSA) is 57.4 Å². The summed E-state index contributed by atoms with van der Waals surface area (Å²) >= 11 is 31.6. The summed E-state index contributed by atoms with van der Waals surface area (Å²) < 4.78 is 7.78. The number of aromatic nitrogens is 4. The lowest BCUT2D eigenvalue weighted by molar-refractivity contribution is 0.896. The van der Waals surface area contributed by atoms with Crippen molar-refractivity contribution in [3.8, 4) is 0 Å². The lowest BCUT2D eigenvalue weighted by atomic mass is 10.1. The molecule has 0 aliphatic carbocycles. The summed E-state index contributed by atoms with van der Waals surface area (Å²) in [4.78, 5) is 18.4. The Kier molecular flexibility index (Phi) is 12.1. The highest BCUT2D eigenvalue weighted by Gasteiger charge is 2.29. The summed E-state index contributed by atoms with van der Waals surface area (Å²) in [5.41, 5.74) is 12.4. The Morgan fingerprint density at radius 2 is 0.636 bits per heavy atom. The van der Waals surface area contributed by atoms with Gasteiger partial charge in [-0.3, -0.25) is 0 Å². The molecule has 3 aromatic heterocycles. The van der Waals surface area contributed by atoms with Crippen LogP contribution in [0.1, 0.15) is 98.4 Å². The van der Waals surface area contributed by atoms with Crippen LogP contribution in [0, 0.1) is 0 Å². The number of nitrogens with one attached hydrogen (secondary N) is 2. The number of rotatable bonds is 8. The highest BCUT2D eigenvalue weighted by molar-refractivity contribution is 9.18. The summed E-state index contributed by atoms with van der Waals surface area (Å²) in [5.74, 6) is 0. The third-order valence-corrected chi connectivity index (χ3v) is 16.2. The van der Waals surface area contributed by atoms with E-state index in [1.165, 1.54) is 5.56 Å². The number of aryl methyl sites for hydroxylation is 3. The molecule has 0 atom stereocenters. The zero-order chi connectivity index (χ0) is 32.0. The second kappa shape index (κ2) is 14.9. The zero-order valence-electron chi connectivity index (χ0n) is 24.6. The van der Waals surface area contributed by atoms with Gasteiger partial charge in [-0.1, -0.05) is 53.4 Å². The van der Waals surface area contributed by atoms with Crippen molar-refractivity contribution in [2.45, 2.75) is 79.1 Å². The van der Waals surface area contributed by atoms with E-state index in [0.29, 0.717) is 0 Å². The van der Waals surface area contributed by atoms with Crippen molar-refractivity contribution in [2.24, 2.45) is 0 Å². The molecule has 2 aliphatic rings. The number of hydrogen-bond acceptors (Lipinski definition) is 2. The van der Waals surface area contributed by atoms with E-state index in [1.54, 1.807) is 0 Å². The van der Waals surface area contributed by atoms with Crippen molar-refractivity contribution in [1.82, 2.24) is 19.9 Å². The van der Waals surface area contributed by atoms with Gasteiger partial charge in [-0.15, -0.1) is 0 Å². The quantitative estimate of drug-likeness (QED) is 0.236. The molecule has 0 aromatic carbocycles. The first-order valence-electron chi connectivity index (χ1n) is 14.6. The van der Waals surface area contributed by atoms with E-state index in [2.05, 4.69) is 165 Å². The molecule has 12 heteroatoms. The average Bonchev–Trinajstić information content (AvgIpc) is 3.67. The van der Waals surface area contributed by atoms with E-state index in [1.807, 2.05) is 0 Å². The molecule has 0 unspecified atom stereocenters. The Morgan fingerprint density at radius 1 is 0.386 bits per heavy atom. The summed E-state index contributed by atoms with van der Waals surface area (Å²) in [6.07, 6.45) is 7.28. The van der Waals surface area contributed by atoms with Gasteiger partial charge in [0.05, 0.1) is 80.7 Å². The first-order chi connectivity index (χ1) is 21.0. The molecule has 2 aliphatic heterocycles. The van der Waals surface area contributed by atoms with Crippen molar-refractivity contribution in [2.75, 3.05) is 0 Å².